The summed E-state index contributed by atoms with van der Waals surface area (Å²) in [6, 6.07) is 0. The maximum absolute atomic E-state index is 8.44. The van der Waals surface area contributed by atoms with E-state index in [2.05, 4.69) is 0 Å². The molecule has 6 N–H and O–H groups in total. The number of carbonyl (C=O) groups is 3. The molecule has 0 aromatic rings. The molecule has 0 aliphatic rings. The maximum atomic E-state index is 8.44. The van der Waals surface area contributed by atoms with Crippen LogP contribution in [0.5, 0.6) is 0 Å². The van der Waals surface area contributed by atoms with Crippen LogP contribution < -0.4 is 21.5 Å². The third-order valence-corrected chi connectivity index (χ3v) is 0. The average Bonchev–Trinajstić information content (AvgIpc) is 1.54. The largest absolute Gasteiger partial charge is 3.00 e. The molecule has 0 aromatic heterocycles. The van der Waals surface area contributed by atoms with Gasteiger partial charge in [-0.1, -0.05) is 0 Å². The third kappa shape index (κ3) is 309. The van der Waals surface area contributed by atoms with Crippen molar-refractivity contribution in [2.75, 3.05) is 0 Å². The van der Waals surface area contributed by atoms with Crippen LogP contribution in [0.2, 0.25) is 0 Å². The Morgan fingerprint density at radius 2 is 0.714 bits per heavy atom. The Morgan fingerprint density at radius 1 is 0.714 bits per heavy atom. The Bertz CT molecular complexity index is 118. The SMILES string of the molecule is N.O=C([O-])O.O=C([O-])O.O=C([O-])O.[Al+3]. The zero-order valence-electron chi connectivity index (χ0n) is 6.58. The molecule has 0 heterocycles. The van der Waals surface area contributed by atoms with Crippen molar-refractivity contribution in [3.63, 3.8) is 0 Å². The molecule has 0 rings (SSSR count). The van der Waals surface area contributed by atoms with Crippen LogP contribution in [-0.4, -0.2) is 51.1 Å². The van der Waals surface area contributed by atoms with Crippen LogP contribution in [0.1, 0.15) is 0 Å². The molecule has 0 fully saturated rings. The minimum absolute atomic E-state index is 0. The molecule has 0 aliphatic carbocycles. The number of hydrogen-bond acceptors (Lipinski definition) is 7. The van der Waals surface area contributed by atoms with E-state index < -0.39 is 18.5 Å². The van der Waals surface area contributed by atoms with Gasteiger partial charge in [0.15, 0.2) is 0 Å². The van der Waals surface area contributed by atoms with Crippen molar-refractivity contribution < 1.29 is 45.0 Å². The van der Waals surface area contributed by atoms with E-state index in [0.717, 1.165) is 0 Å². The van der Waals surface area contributed by atoms with Crippen molar-refractivity contribution in [1.29, 1.82) is 0 Å². The summed E-state index contributed by atoms with van der Waals surface area (Å²) in [7, 11) is 0. The molecule has 0 atom stereocenters. The number of carboxylic acid groups (broad SMARTS) is 6. The van der Waals surface area contributed by atoms with Gasteiger partial charge in [0.1, 0.15) is 0 Å². The standard InChI is InChI=1S/3CH2O3.Al.H3N/c3*2-1(3)4;;/h3*(H2,2,3,4);;1H3/q;;;+3;/p-3. The molecule has 14 heavy (non-hydrogen) atoms. The van der Waals surface area contributed by atoms with Gasteiger partial charge < -0.3 is 51.2 Å². The molecule has 0 unspecified atom stereocenters. The molecule has 0 saturated heterocycles. The summed E-state index contributed by atoms with van der Waals surface area (Å²) in [5.41, 5.74) is 0. The van der Waals surface area contributed by atoms with Gasteiger partial charge in [0.25, 0.3) is 0 Å². The molecule has 0 aliphatic heterocycles. The fourth-order valence-corrected chi connectivity index (χ4v) is 0. The van der Waals surface area contributed by atoms with Gasteiger partial charge in [-0.15, -0.1) is 0 Å². The fraction of sp³-hybridized carbons (Fsp3) is 0. The molecule has 0 aromatic carbocycles. The van der Waals surface area contributed by atoms with Gasteiger partial charge in [-0.25, -0.2) is 0 Å². The van der Waals surface area contributed by atoms with Gasteiger partial charge >= 0.3 is 17.4 Å². The van der Waals surface area contributed by atoms with Crippen molar-refractivity contribution in [1.82, 2.24) is 6.15 Å². The van der Waals surface area contributed by atoms with Crippen molar-refractivity contribution in [2.24, 2.45) is 0 Å². The Kier molecular flexibility index (Phi) is 47.4. The van der Waals surface area contributed by atoms with Gasteiger partial charge in [-0.05, 0) is 0 Å². The zero-order chi connectivity index (χ0) is 10.7. The van der Waals surface area contributed by atoms with Crippen molar-refractivity contribution >= 4 is 35.8 Å². The average molecular weight is 227 g/mol. The van der Waals surface area contributed by atoms with Crippen LogP contribution in [-0.2, 0) is 0 Å². The van der Waals surface area contributed by atoms with Gasteiger partial charge in [0, 0.05) is 0 Å². The molecule has 0 bridgehead atoms. The quantitative estimate of drug-likeness (QED) is 0.298. The first kappa shape index (κ1) is 29.5. The molecule has 10 nitrogen and oxygen atoms in total. The summed E-state index contributed by atoms with van der Waals surface area (Å²) >= 11 is 0. The normalized spacial score (nSPS) is 5.14. The first-order valence-electron chi connectivity index (χ1n) is 1.90. The van der Waals surface area contributed by atoms with E-state index in [1.54, 1.807) is 0 Å². The minimum Gasteiger partial charge on any atom is -0.565 e. The second-order valence-electron chi connectivity index (χ2n) is 0.798. The number of rotatable bonds is 0. The summed E-state index contributed by atoms with van der Waals surface area (Å²) in [6.45, 7) is 0. The monoisotopic (exact) mass is 227 g/mol. The van der Waals surface area contributed by atoms with Crippen molar-refractivity contribution in [3.05, 3.63) is 0 Å². The molecular formula is C3H6AlNO9. The van der Waals surface area contributed by atoms with E-state index in [1.807, 2.05) is 0 Å². The van der Waals surface area contributed by atoms with Crippen LogP contribution in [0.25, 0.3) is 0 Å². The maximum Gasteiger partial charge on any atom is 3.00 e. The van der Waals surface area contributed by atoms with Gasteiger partial charge in [0.2, 0.25) is 18.5 Å². The van der Waals surface area contributed by atoms with Crippen molar-refractivity contribution in [2.45, 2.75) is 0 Å². The molecule has 0 saturated carbocycles. The Hall–Kier alpha value is -1.70. The summed E-state index contributed by atoms with van der Waals surface area (Å²) in [5, 5.41) is 45.9. The van der Waals surface area contributed by atoms with Crippen LogP contribution in [0.4, 0.5) is 14.4 Å². The fourth-order valence-electron chi connectivity index (χ4n) is 0. The first-order chi connectivity index (χ1) is 5.20. The van der Waals surface area contributed by atoms with Gasteiger partial charge in [0.05, 0.1) is 0 Å². The smallest absolute Gasteiger partial charge is 0.565 e. The van der Waals surface area contributed by atoms with E-state index in [4.69, 9.17) is 45.0 Å². The molecular weight excluding hydrogens is 221 g/mol. The van der Waals surface area contributed by atoms with E-state index >= 15 is 0 Å². The predicted octanol–water partition coefficient (Wildman–Crippen LogP) is -3.56. The van der Waals surface area contributed by atoms with Crippen molar-refractivity contribution in [3.8, 4) is 0 Å². The second-order valence-corrected chi connectivity index (χ2v) is 0.798. The summed E-state index contributed by atoms with van der Waals surface area (Å²) in [6.07, 6.45) is -6.25. The molecule has 0 amide bonds. The Balaban J connectivity index is -0.0000000270. The van der Waals surface area contributed by atoms with E-state index in [1.165, 1.54) is 0 Å². The summed E-state index contributed by atoms with van der Waals surface area (Å²) < 4.78 is 0. The molecule has 0 radical (unpaired) electrons. The van der Waals surface area contributed by atoms with Crippen LogP contribution in [0.3, 0.4) is 0 Å². The Morgan fingerprint density at radius 3 is 0.714 bits per heavy atom. The summed E-state index contributed by atoms with van der Waals surface area (Å²) in [5.74, 6) is 0. The van der Waals surface area contributed by atoms with E-state index in [9.17, 15) is 0 Å². The van der Waals surface area contributed by atoms with Crippen LogP contribution >= 0.6 is 0 Å². The van der Waals surface area contributed by atoms with Gasteiger partial charge in [-0.2, -0.15) is 0 Å². The van der Waals surface area contributed by atoms with E-state index in [0.29, 0.717) is 0 Å². The second kappa shape index (κ2) is 22.5. The first-order valence-corrected chi connectivity index (χ1v) is 1.90. The zero-order valence-corrected chi connectivity index (χ0v) is 7.73. The van der Waals surface area contributed by atoms with E-state index in [-0.39, 0.29) is 23.5 Å². The van der Waals surface area contributed by atoms with Crippen LogP contribution in [0, 0.1) is 0 Å². The topological polar surface area (TPSA) is 216 Å². The summed E-state index contributed by atoms with van der Waals surface area (Å²) in [4.78, 5) is 25.3. The third-order valence-electron chi connectivity index (χ3n) is 0. The number of hydrogen-bond donors (Lipinski definition) is 4. The van der Waals surface area contributed by atoms with Crippen LogP contribution in [0.15, 0.2) is 0 Å². The minimum atomic E-state index is -2.08. The molecule has 80 valence electrons. The molecule has 0 spiro atoms. The predicted molar refractivity (Wildman–Crippen MR) is 34.9 cm³/mol. The Labute approximate surface area is 87.7 Å². The van der Waals surface area contributed by atoms with Gasteiger partial charge in [-0.3, -0.25) is 0 Å². The molecule has 11 heteroatoms.